The van der Waals surface area contributed by atoms with Crippen molar-refractivity contribution >= 4 is 0 Å². The van der Waals surface area contributed by atoms with Gasteiger partial charge >= 0.3 is 0 Å². The van der Waals surface area contributed by atoms with E-state index < -0.39 is 5.66 Å². The minimum atomic E-state index is -0.409. The Balaban J connectivity index is 3.13. The molecular formula is C18H40N2. The third kappa shape index (κ3) is 14.3. The summed E-state index contributed by atoms with van der Waals surface area (Å²) in [6.07, 6.45) is 19.7. The van der Waals surface area contributed by atoms with Gasteiger partial charge in [-0.25, -0.2) is 0 Å². The Labute approximate surface area is 128 Å². The van der Waals surface area contributed by atoms with Gasteiger partial charge in [-0.1, -0.05) is 97.3 Å². The zero-order chi connectivity index (χ0) is 15.1. The SMILES string of the molecule is CCCCCCCCCCCCCCC(N)(N)CCC. The lowest BCUT2D eigenvalue weighted by Crippen LogP contribution is -2.48. The molecule has 0 radical (unpaired) electrons. The van der Waals surface area contributed by atoms with Crippen LogP contribution in [-0.4, -0.2) is 5.66 Å². The monoisotopic (exact) mass is 284 g/mol. The molecule has 2 heteroatoms. The molecule has 20 heavy (non-hydrogen) atoms. The molecule has 0 saturated heterocycles. The second-order valence-electron chi connectivity index (χ2n) is 6.62. The highest BCUT2D eigenvalue weighted by molar-refractivity contribution is 4.75. The Kier molecular flexibility index (Phi) is 13.8. The van der Waals surface area contributed by atoms with Gasteiger partial charge in [0.05, 0.1) is 5.66 Å². The summed E-state index contributed by atoms with van der Waals surface area (Å²) in [6.45, 7) is 4.43. The van der Waals surface area contributed by atoms with Gasteiger partial charge in [-0.05, 0) is 12.8 Å². The van der Waals surface area contributed by atoms with E-state index in [1.165, 1.54) is 77.0 Å². The van der Waals surface area contributed by atoms with Gasteiger partial charge in [-0.3, -0.25) is 0 Å². The van der Waals surface area contributed by atoms with Crippen molar-refractivity contribution in [2.75, 3.05) is 0 Å². The Morgan fingerprint density at radius 3 is 1.30 bits per heavy atom. The molecule has 0 amide bonds. The Morgan fingerprint density at radius 2 is 0.900 bits per heavy atom. The Morgan fingerprint density at radius 1 is 0.500 bits per heavy atom. The van der Waals surface area contributed by atoms with Gasteiger partial charge in [-0.15, -0.1) is 0 Å². The van der Waals surface area contributed by atoms with Crippen LogP contribution in [0.15, 0.2) is 0 Å². The molecule has 0 aromatic carbocycles. The summed E-state index contributed by atoms with van der Waals surface area (Å²) in [4.78, 5) is 0. The predicted octanol–water partition coefficient (Wildman–Crippen LogP) is 5.49. The summed E-state index contributed by atoms with van der Waals surface area (Å²) < 4.78 is 0. The standard InChI is InChI=1S/C18H40N2/c1-3-5-6-7-8-9-10-11-12-13-14-15-17-18(19,20)16-4-2/h3-17,19-20H2,1-2H3. The average molecular weight is 285 g/mol. The van der Waals surface area contributed by atoms with E-state index in [9.17, 15) is 0 Å². The van der Waals surface area contributed by atoms with Crippen LogP contribution in [0.2, 0.25) is 0 Å². The van der Waals surface area contributed by atoms with Crippen LogP contribution >= 0.6 is 0 Å². The molecule has 0 spiro atoms. The summed E-state index contributed by atoms with van der Waals surface area (Å²) in [5.74, 6) is 0. The van der Waals surface area contributed by atoms with Crippen molar-refractivity contribution in [2.24, 2.45) is 11.5 Å². The van der Waals surface area contributed by atoms with Crippen molar-refractivity contribution in [3.63, 3.8) is 0 Å². The summed E-state index contributed by atoms with van der Waals surface area (Å²) in [5.41, 5.74) is 11.7. The topological polar surface area (TPSA) is 52.0 Å². The summed E-state index contributed by atoms with van der Waals surface area (Å²) in [6, 6.07) is 0. The van der Waals surface area contributed by atoms with Gasteiger partial charge in [-0.2, -0.15) is 0 Å². The number of hydrogen-bond donors (Lipinski definition) is 2. The molecule has 0 rings (SSSR count). The zero-order valence-corrected chi connectivity index (χ0v) is 14.3. The third-order valence-electron chi connectivity index (χ3n) is 4.21. The number of hydrogen-bond acceptors (Lipinski definition) is 2. The molecule has 0 unspecified atom stereocenters. The van der Waals surface area contributed by atoms with E-state index in [4.69, 9.17) is 11.5 Å². The first-order chi connectivity index (χ1) is 9.62. The van der Waals surface area contributed by atoms with Crippen molar-refractivity contribution in [1.82, 2.24) is 0 Å². The second-order valence-corrected chi connectivity index (χ2v) is 6.62. The summed E-state index contributed by atoms with van der Waals surface area (Å²) in [7, 11) is 0. The molecule has 0 aliphatic heterocycles. The molecule has 0 bridgehead atoms. The lowest BCUT2D eigenvalue weighted by Gasteiger charge is -2.23. The van der Waals surface area contributed by atoms with E-state index in [0.717, 1.165) is 19.3 Å². The first-order valence-corrected chi connectivity index (χ1v) is 9.20. The maximum atomic E-state index is 6.04. The highest BCUT2D eigenvalue weighted by Gasteiger charge is 2.16. The quantitative estimate of drug-likeness (QED) is 0.308. The van der Waals surface area contributed by atoms with Crippen LogP contribution in [0.4, 0.5) is 0 Å². The zero-order valence-electron chi connectivity index (χ0n) is 14.3. The van der Waals surface area contributed by atoms with Crippen LogP contribution < -0.4 is 11.5 Å². The maximum Gasteiger partial charge on any atom is 0.0636 e. The molecule has 0 atom stereocenters. The molecule has 122 valence electrons. The van der Waals surface area contributed by atoms with Crippen LogP contribution in [0.1, 0.15) is 110 Å². The molecule has 0 aliphatic rings. The predicted molar refractivity (Wildman–Crippen MR) is 91.7 cm³/mol. The van der Waals surface area contributed by atoms with Crippen LogP contribution in [-0.2, 0) is 0 Å². The molecular weight excluding hydrogens is 244 g/mol. The fourth-order valence-corrected chi connectivity index (χ4v) is 2.89. The molecule has 0 aromatic heterocycles. The summed E-state index contributed by atoms with van der Waals surface area (Å²) >= 11 is 0. The van der Waals surface area contributed by atoms with E-state index >= 15 is 0 Å². The van der Waals surface area contributed by atoms with E-state index in [1.54, 1.807) is 0 Å². The van der Waals surface area contributed by atoms with Crippen molar-refractivity contribution < 1.29 is 0 Å². The molecule has 0 aliphatic carbocycles. The van der Waals surface area contributed by atoms with Crippen molar-refractivity contribution in [3.8, 4) is 0 Å². The van der Waals surface area contributed by atoms with Gasteiger partial charge in [0.15, 0.2) is 0 Å². The number of rotatable bonds is 15. The highest BCUT2D eigenvalue weighted by atomic mass is 14.9. The van der Waals surface area contributed by atoms with Crippen molar-refractivity contribution in [3.05, 3.63) is 0 Å². The van der Waals surface area contributed by atoms with E-state index in [-0.39, 0.29) is 0 Å². The molecule has 0 heterocycles. The highest BCUT2D eigenvalue weighted by Crippen LogP contribution is 2.15. The second kappa shape index (κ2) is 13.9. The fraction of sp³-hybridized carbons (Fsp3) is 1.00. The minimum absolute atomic E-state index is 0.409. The largest absolute Gasteiger partial charge is 0.313 e. The van der Waals surface area contributed by atoms with Gasteiger partial charge < -0.3 is 11.5 Å². The van der Waals surface area contributed by atoms with Crippen LogP contribution in [0.3, 0.4) is 0 Å². The number of nitrogens with two attached hydrogens (primary N) is 2. The van der Waals surface area contributed by atoms with E-state index in [1.807, 2.05) is 0 Å². The Bertz CT molecular complexity index is 190. The maximum absolute atomic E-state index is 6.04. The first kappa shape index (κ1) is 19.9. The lowest BCUT2D eigenvalue weighted by molar-refractivity contribution is 0.357. The van der Waals surface area contributed by atoms with Crippen LogP contribution in [0.5, 0.6) is 0 Å². The van der Waals surface area contributed by atoms with Crippen LogP contribution in [0, 0.1) is 0 Å². The minimum Gasteiger partial charge on any atom is -0.313 e. The molecule has 0 aromatic rings. The smallest absolute Gasteiger partial charge is 0.0636 e. The van der Waals surface area contributed by atoms with Crippen molar-refractivity contribution in [2.45, 2.75) is 116 Å². The van der Waals surface area contributed by atoms with E-state index in [2.05, 4.69) is 13.8 Å². The molecule has 0 fully saturated rings. The first-order valence-electron chi connectivity index (χ1n) is 9.20. The van der Waals surface area contributed by atoms with Gasteiger partial charge in [0, 0.05) is 0 Å². The van der Waals surface area contributed by atoms with Crippen molar-refractivity contribution in [1.29, 1.82) is 0 Å². The Hall–Kier alpha value is -0.0800. The fourth-order valence-electron chi connectivity index (χ4n) is 2.89. The van der Waals surface area contributed by atoms with Gasteiger partial charge in [0.25, 0.3) is 0 Å². The lowest BCUT2D eigenvalue weighted by atomic mass is 9.97. The molecule has 0 saturated carbocycles. The summed E-state index contributed by atoms with van der Waals surface area (Å²) in [5, 5.41) is 0. The van der Waals surface area contributed by atoms with Crippen LogP contribution in [0.25, 0.3) is 0 Å². The van der Waals surface area contributed by atoms with E-state index in [0.29, 0.717) is 0 Å². The number of unbranched alkanes of at least 4 members (excludes halogenated alkanes) is 11. The average Bonchev–Trinajstić information content (AvgIpc) is 2.40. The normalized spacial score (nSPS) is 12.0. The third-order valence-corrected chi connectivity index (χ3v) is 4.21. The molecule has 4 N–H and O–H groups in total. The molecule has 2 nitrogen and oxygen atoms in total. The van der Waals surface area contributed by atoms with Gasteiger partial charge in [0.1, 0.15) is 0 Å². The van der Waals surface area contributed by atoms with Gasteiger partial charge in [0.2, 0.25) is 0 Å².